The van der Waals surface area contributed by atoms with Crippen LogP contribution >= 0.6 is 11.6 Å². The molecule has 4 heterocycles. The largest absolute Gasteiger partial charge is 0.370 e. The van der Waals surface area contributed by atoms with Gasteiger partial charge in [0.1, 0.15) is 11.6 Å². The number of hydrogen-bond donors (Lipinski definition) is 0. The maximum Gasteiger partial charge on any atom is 0.227 e. The molecule has 1 unspecified atom stereocenters. The minimum Gasteiger partial charge on any atom is -0.370 e. The van der Waals surface area contributed by atoms with Crippen molar-refractivity contribution < 1.29 is 4.74 Å². The van der Waals surface area contributed by atoms with E-state index in [0.29, 0.717) is 30.7 Å². The lowest BCUT2D eigenvalue weighted by Gasteiger charge is -2.33. The van der Waals surface area contributed by atoms with E-state index in [-0.39, 0.29) is 11.5 Å². The minimum absolute atomic E-state index is 0.0530. The number of nitrogens with zero attached hydrogens (tertiary/aromatic N) is 7. The highest BCUT2D eigenvalue weighted by Gasteiger charge is 2.29. The smallest absolute Gasteiger partial charge is 0.227 e. The van der Waals surface area contributed by atoms with Crippen LogP contribution in [0.4, 0.5) is 5.95 Å². The van der Waals surface area contributed by atoms with E-state index in [4.69, 9.17) is 36.3 Å². The quantitative estimate of drug-likeness (QED) is 0.574. The van der Waals surface area contributed by atoms with Gasteiger partial charge in [-0.25, -0.2) is 15.0 Å². The summed E-state index contributed by atoms with van der Waals surface area (Å²) < 4.78 is 7.82. The summed E-state index contributed by atoms with van der Waals surface area (Å²) >= 11 is 6.37. The number of ether oxygens (including phenoxy) is 1. The lowest BCUT2D eigenvalue weighted by Crippen LogP contribution is -2.39. The first kappa shape index (κ1) is 20.6. The van der Waals surface area contributed by atoms with Crippen LogP contribution in [-0.2, 0) is 11.8 Å². The van der Waals surface area contributed by atoms with Gasteiger partial charge < -0.3 is 9.64 Å². The van der Waals surface area contributed by atoms with Crippen molar-refractivity contribution in [3.05, 3.63) is 35.0 Å². The Labute approximate surface area is 187 Å². The standard InChI is InChI=1S/C22H28ClN7O/c1-13-14(2)26-21-20(25-13)19(15-4-6-17(23)7-5-15)27-22(28-21)30-8-9-31-18(12-30)16-10-24-29(3)11-16/h10-11,15,17-18H,4-9,12H2,1-3H3. The van der Waals surface area contributed by atoms with Gasteiger partial charge in [-0.2, -0.15) is 10.1 Å². The zero-order chi connectivity index (χ0) is 21.5. The molecule has 1 saturated carbocycles. The van der Waals surface area contributed by atoms with Gasteiger partial charge in [-0.15, -0.1) is 11.6 Å². The van der Waals surface area contributed by atoms with Crippen molar-refractivity contribution in [3.63, 3.8) is 0 Å². The number of aryl methyl sites for hydroxylation is 3. The lowest BCUT2D eigenvalue weighted by molar-refractivity contribution is 0.0392. The molecule has 0 N–H and O–H groups in total. The molecule has 5 rings (SSSR count). The van der Waals surface area contributed by atoms with Gasteiger partial charge in [-0.3, -0.25) is 4.68 Å². The molecule has 1 aliphatic heterocycles. The number of hydrogen-bond acceptors (Lipinski definition) is 7. The molecule has 0 spiro atoms. The van der Waals surface area contributed by atoms with Gasteiger partial charge in [-0.1, -0.05) is 0 Å². The Balaban J connectivity index is 1.53. The summed E-state index contributed by atoms with van der Waals surface area (Å²) in [5.74, 6) is 1.05. The van der Waals surface area contributed by atoms with Crippen LogP contribution in [-0.4, -0.2) is 54.8 Å². The zero-order valence-electron chi connectivity index (χ0n) is 18.3. The van der Waals surface area contributed by atoms with Gasteiger partial charge in [-0.05, 0) is 39.5 Å². The average molecular weight is 442 g/mol. The zero-order valence-corrected chi connectivity index (χ0v) is 19.0. The number of fused-ring (bicyclic) bond motifs is 1. The van der Waals surface area contributed by atoms with Crippen LogP contribution in [0, 0.1) is 13.8 Å². The van der Waals surface area contributed by atoms with Crippen molar-refractivity contribution in [1.82, 2.24) is 29.7 Å². The molecule has 9 heteroatoms. The molecule has 2 fully saturated rings. The van der Waals surface area contributed by atoms with Crippen molar-refractivity contribution >= 4 is 28.7 Å². The Bertz CT molecular complexity index is 1090. The molecule has 1 saturated heterocycles. The normalized spacial score (nSPS) is 24.6. The third-order valence-electron chi connectivity index (χ3n) is 6.45. The van der Waals surface area contributed by atoms with Crippen LogP contribution in [0.25, 0.3) is 11.2 Å². The van der Waals surface area contributed by atoms with Crippen LogP contribution in [0.3, 0.4) is 0 Å². The molecule has 0 radical (unpaired) electrons. The fourth-order valence-electron chi connectivity index (χ4n) is 4.51. The summed E-state index contributed by atoms with van der Waals surface area (Å²) in [6.45, 7) is 6.02. The fraction of sp³-hybridized carbons (Fsp3) is 0.591. The Morgan fingerprint density at radius 3 is 2.55 bits per heavy atom. The molecule has 3 aromatic heterocycles. The number of alkyl halides is 1. The van der Waals surface area contributed by atoms with Gasteiger partial charge in [0.15, 0.2) is 5.65 Å². The molecule has 31 heavy (non-hydrogen) atoms. The second-order valence-electron chi connectivity index (χ2n) is 8.68. The van der Waals surface area contributed by atoms with Crippen molar-refractivity contribution in [3.8, 4) is 0 Å². The monoisotopic (exact) mass is 441 g/mol. The average Bonchev–Trinajstić information content (AvgIpc) is 3.21. The number of halogens is 1. The molecule has 164 valence electrons. The van der Waals surface area contributed by atoms with Gasteiger partial charge >= 0.3 is 0 Å². The van der Waals surface area contributed by atoms with Gasteiger partial charge in [0.05, 0.1) is 36.4 Å². The van der Waals surface area contributed by atoms with E-state index in [1.165, 1.54) is 0 Å². The highest BCUT2D eigenvalue weighted by Crippen LogP contribution is 2.37. The minimum atomic E-state index is -0.0530. The molecule has 0 amide bonds. The Kier molecular flexibility index (Phi) is 5.52. The summed E-state index contributed by atoms with van der Waals surface area (Å²) in [5, 5.41) is 4.55. The summed E-state index contributed by atoms with van der Waals surface area (Å²) in [6.07, 6.45) is 7.87. The first-order valence-electron chi connectivity index (χ1n) is 11.0. The summed E-state index contributed by atoms with van der Waals surface area (Å²) in [6, 6.07) is 0. The van der Waals surface area contributed by atoms with Crippen LogP contribution in [0.15, 0.2) is 12.4 Å². The molecule has 1 aliphatic carbocycles. The van der Waals surface area contributed by atoms with E-state index >= 15 is 0 Å². The maximum atomic E-state index is 6.37. The highest BCUT2D eigenvalue weighted by molar-refractivity contribution is 6.20. The number of aromatic nitrogens is 6. The van der Waals surface area contributed by atoms with E-state index in [1.807, 2.05) is 33.3 Å². The van der Waals surface area contributed by atoms with Crippen molar-refractivity contribution in [1.29, 1.82) is 0 Å². The van der Waals surface area contributed by atoms with E-state index in [2.05, 4.69) is 10.00 Å². The predicted octanol–water partition coefficient (Wildman–Crippen LogP) is 3.61. The number of morpholine rings is 1. The topological polar surface area (TPSA) is 81.9 Å². The van der Waals surface area contributed by atoms with E-state index in [9.17, 15) is 0 Å². The molecular formula is C22H28ClN7O. The maximum absolute atomic E-state index is 6.37. The SMILES string of the molecule is Cc1nc2nc(N3CCOC(c4cnn(C)c4)C3)nc(C3CCC(Cl)CC3)c2nc1C. The first-order valence-corrected chi connectivity index (χ1v) is 11.4. The number of rotatable bonds is 3. The van der Waals surface area contributed by atoms with E-state index < -0.39 is 0 Å². The third kappa shape index (κ3) is 4.11. The van der Waals surface area contributed by atoms with Crippen molar-refractivity contribution in [2.24, 2.45) is 7.05 Å². The lowest BCUT2D eigenvalue weighted by atomic mass is 9.86. The predicted molar refractivity (Wildman–Crippen MR) is 120 cm³/mol. The Hall–Kier alpha value is -2.32. The van der Waals surface area contributed by atoms with Crippen LogP contribution in [0.5, 0.6) is 0 Å². The fourth-order valence-corrected chi connectivity index (χ4v) is 4.76. The Morgan fingerprint density at radius 1 is 1.03 bits per heavy atom. The molecule has 3 aromatic rings. The molecule has 0 aromatic carbocycles. The molecule has 0 bridgehead atoms. The Morgan fingerprint density at radius 2 is 1.81 bits per heavy atom. The van der Waals surface area contributed by atoms with E-state index in [1.54, 1.807) is 4.68 Å². The van der Waals surface area contributed by atoms with Gasteiger partial charge in [0.25, 0.3) is 0 Å². The van der Waals surface area contributed by atoms with E-state index in [0.717, 1.165) is 60.4 Å². The number of anilines is 1. The molecular weight excluding hydrogens is 414 g/mol. The van der Waals surface area contributed by atoms with Crippen LogP contribution in [0.2, 0.25) is 0 Å². The molecule has 2 aliphatic rings. The van der Waals surface area contributed by atoms with Gasteiger partial charge in [0, 0.05) is 36.6 Å². The highest BCUT2D eigenvalue weighted by atomic mass is 35.5. The van der Waals surface area contributed by atoms with Crippen LogP contribution in [0.1, 0.15) is 60.4 Å². The van der Waals surface area contributed by atoms with Gasteiger partial charge in [0.2, 0.25) is 5.95 Å². The first-order chi connectivity index (χ1) is 15.0. The summed E-state index contributed by atoms with van der Waals surface area (Å²) in [4.78, 5) is 21.7. The second kappa shape index (κ2) is 8.31. The molecule has 8 nitrogen and oxygen atoms in total. The second-order valence-corrected chi connectivity index (χ2v) is 9.29. The summed E-state index contributed by atoms with van der Waals surface area (Å²) in [5.41, 5.74) is 5.44. The van der Waals surface area contributed by atoms with Crippen molar-refractivity contribution in [2.45, 2.75) is 56.9 Å². The molecule has 1 atom stereocenters. The third-order valence-corrected chi connectivity index (χ3v) is 6.88. The summed E-state index contributed by atoms with van der Waals surface area (Å²) in [7, 11) is 1.92. The van der Waals surface area contributed by atoms with Crippen molar-refractivity contribution in [2.75, 3.05) is 24.6 Å². The van der Waals surface area contributed by atoms with Crippen LogP contribution < -0.4 is 4.90 Å².